The van der Waals surface area contributed by atoms with E-state index in [1.807, 2.05) is 17.2 Å². The van der Waals surface area contributed by atoms with Crippen LogP contribution < -0.4 is 5.32 Å². The van der Waals surface area contributed by atoms with E-state index in [2.05, 4.69) is 37.3 Å². The first-order valence-electron chi connectivity index (χ1n) is 6.95. The summed E-state index contributed by atoms with van der Waals surface area (Å²) in [6, 6.07) is 0. The fourth-order valence-corrected chi connectivity index (χ4v) is 2.58. The first-order valence-corrected chi connectivity index (χ1v) is 7.94. The first kappa shape index (κ1) is 15.0. The molecule has 0 aliphatic rings. The summed E-state index contributed by atoms with van der Waals surface area (Å²) in [4.78, 5) is 4.03. The lowest BCUT2D eigenvalue weighted by atomic mass is 10.5. The lowest BCUT2D eigenvalue weighted by Gasteiger charge is -2.05. The zero-order valence-corrected chi connectivity index (χ0v) is 12.6. The molecule has 0 spiro atoms. The van der Waals surface area contributed by atoms with E-state index < -0.39 is 0 Å². The number of nitrogens with one attached hydrogen (secondary N) is 1. The number of nitrogens with zero attached hydrogens (tertiary/aromatic N) is 6. The van der Waals surface area contributed by atoms with E-state index in [9.17, 15) is 0 Å². The van der Waals surface area contributed by atoms with Gasteiger partial charge in [0, 0.05) is 31.2 Å². The quantitative estimate of drug-likeness (QED) is 0.522. The Labute approximate surface area is 123 Å². The van der Waals surface area contributed by atoms with Crippen LogP contribution in [0.3, 0.4) is 0 Å². The molecule has 2 aromatic heterocycles. The third-order valence-electron chi connectivity index (χ3n) is 2.78. The van der Waals surface area contributed by atoms with Gasteiger partial charge in [-0.05, 0) is 29.8 Å². The fourth-order valence-electron chi connectivity index (χ4n) is 1.76. The summed E-state index contributed by atoms with van der Waals surface area (Å²) in [5.74, 6) is 1.00. The number of aryl methyl sites for hydroxylation is 1. The van der Waals surface area contributed by atoms with Gasteiger partial charge < -0.3 is 9.88 Å². The number of hydrogen-bond donors (Lipinski definition) is 1. The van der Waals surface area contributed by atoms with Crippen molar-refractivity contribution in [3.05, 3.63) is 18.7 Å². The average Bonchev–Trinajstić information content (AvgIpc) is 3.11. The first-order chi connectivity index (χ1) is 9.90. The number of tetrazole rings is 1. The summed E-state index contributed by atoms with van der Waals surface area (Å²) in [6.45, 7) is 5.89. The van der Waals surface area contributed by atoms with Crippen molar-refractivity contribution in [2.45, 2.75) is 38.0 Å². The standard InChI is InChI=1S/C12H21N7S/c1-2-4-13-6-9-19-12(15-16-17-19)20-10-3-7-18-8-5-14-11-18/h5,8,11,13H,2-4,6-7,9-10H2,1H3. The van der Waals surface area contributed by atoms with Crippen LogP contribution in [-0.2, 0) is 13.1 Å². The lowest BCUT2D eigenvalue weighted by Crippen LogP contribution is -2.21. The Morgan fingerprint density at radius 2 is 2.25 bits per heavy atom. The van der Waals surface area contributed by atoms with Gasteiger partial charge in [0.15, 0.2) is 0 Å². The Balaban J connectivity index is 1.66. The van der Waals surface area contributed by atoms with Crippen LogP contribution in [0.1, 0.15) is 19.8 Å². The van der Waals surface area contributed by atoms with E-state index in [-0.39, 0.29) is 0 Å². The predicted octanol–water partition coefficient (Wildman–Crippen LogP) is 1.05. The van der Waals surface area contributed by atoms with Gasteiger partial charge in [-0.15, -0.1) is 5.10 Å². The topological polar surface area (TPSA) is 73.5 Å². The molecule has 0 aromatic carbocycles. The van der Waals surface area contributed by atoms with Gasteiger partial charge in [-0.25, -0.2) is 9.67 Å². The van der Waals surface area contributed by atoms with Gasteiger partial charge in [0.05, 0.1) is 12.9 Å². The molecule has 0 unspecified atom stereocenters. The normalized spacial score (nSPS) is 11.1. The van der Waals surface area contributed by atoms with Crippen molar-refractivity contribution in [2.24, 2.45) is 0 Å². The van der Waals surface area contributed by atoms with Crippen molar-refractivity contribution < 1.29 is 0 Å². The maximum atomic E-state index is 4.07. The molecule has 0 saturated carbocycles. The zero-order chi connectivity index (χ0) is 14.0. The summed E-state index contributed by atoms with van der Waals surface area (Å²) in [7, 11) is 0. The molecule has 0 bridgehead atoms. The molecule has 7 nitrogen and oxygen atoms in total. The third-order valence-corrected chi connectivity index (χ3v) is 3.82. The molecule has 0 amide bonds. The van der Waals surface area contributed by atoms with Crippen molar-refractivity contribution in [3.8, 4) is 0 Å². The molecule has 0 aliphatic heterocycles. The van der Waals surface area contributed by atoms with Crippen LogP contribution in [0.15, 0.2) is 23.9 Å². The molecule has 0 aliphatic carbocycles. The van der Waals surface area contributed by atoms with E-state index >= 15 is 0 Å². The van der Waals surface area contributed by atoms with Crippen molar-refractivity contribution in [3.63, 3.8) is 0 Å². The summed E-state index contributed by atoms with van der Waals surface area (Å²) >= 11 is 1.70. The monoisotopic (exact) mass is 295 g/mol. The summed E-state index contributed by atoms with van der Waals surface area (Å²) in [5, 5.41) is 16.1. The van der Waals surface area contributed by atoms with Gasteiger partial charge in [-0.1, -0.05) is 18.7 Å². The molecule has 8 heteroatoms. The minimum absolute atomic E-state index is 0.816. The van der Waals surface area contributed by atoms with Crippen LogP contribution in [0.5, 0.6) is 0 Å². The molecular weight excluding hydrogens is 274 g/mol. The molecule has 0 fully saturated rings. The van der Waals surface area contributed by atoms with Gasteiger partial charge in [0.1, 0.15) is 0 Å². The maximum Gasteiger partial charge on any atom is 0.209 e. The summed E-state index contributed by atoms with van der Waals surface area (Å²) in [6.07, 6.45) is 7.84. The average molecular weight is 295 g/mol. The maximum absolute atomic E-state index is 4.07. The Morgan fingerprint density at radius 3 is 3.05 bits per heavy atom. The van der Waals surface area contributed by atoms with Gasteiger partial charge in [0.25, 0.3) is 0 Å². The summed E-state index contributed by atoms with van der Waals surface area (Å²) in [5.41, 5.74) is 0. The molecule has 2 rings (SSSR count). The number of aromatic nitrogens is 6. The number of hydrogen-bond acceptors (Lipinski definition) is 6. The smallest absolute Gasteiger partial charge is 0.209 e. The van der Waals surface area contributed by atoms with Crippen LogP contribution in [-0.4, -0.2) is 48.6 Å². The Bertz CT molecular complexity index is 468. The van der Waals surface area contributed by atoms with Gasteiger partial charge in [-0.3, -0.25) is 0 Å². The van der Waals surface area contributed by atoms with Gasteiger partial charge in [-0.2, -0.15) is 0 Å². The second kappa shape index (κ2) is 8.70. The van der Waals surface area contributed by atoms with Crippen molar-refractivity contribution in [1.82, 2.24) is 35.1 Å². The van der Waals surface area contributed by atoms with Crippen LogP contribution in [0.4, 0.5) is 0 Å². The Kier molecular flexibility index (Phi) is 6.52. The van der Waals surface area contributed by atoms with Crippen LogP contribution >= 0.6 is 11.8 Å². The van der Waals surface area contributed by atoms with Crippen molar-refractivity contribution >= 4 is 11.8 Å². The molecular formula is C12H21N7S. The Morgan fingerprint density at radius 1 is 1.30 bits per heavy atom. The van der Waals surface area contributed by atoms with Crippen molar-refractivity contribution in [1.29, 1.82) is 0 Å². The molecule has 0 atom stereocenters. The van der Waals surface area contributed by atoms with E-state index in [4.69, 9.17) is 0 Å². The molecule has 2 aromatic rings. The second-order valence-electron chi connectivity index (χ2n) is 4.44. The molecule has 1 N–H and O–H groups in total. The number of rotatable bonds is 10. The summed E-state index contributed by atoms with van der Waals surface area (Å²) < 4.78 is 3.95. The van der Waals surface area contributed by atoms with Crippen molar-refractivity contribution in [2.75, 3.05) is 18.8 Å². The highest BCUT2D eigenvalue weighted by Crippen LogP contribution is 2.14. The van der Waals surface area contributed by atoms with E-state index in [1.54, 1.807) is 18.0 Å². The second-order valence-corrected chi connectivity index (χ2v) is 5.50. The fraction of sp³-hybridized carbons (Fsp3) is 0.667. The lowest BCUT2D eigenvalue weighted by molar-refractivity contribution is 0.510. The minimum Gasteiger partial charge on any atom is -0.337 e. The highest BCUT2D eigenvalue weighted by Gasteiger charge is 2.05. The Hall–Kier alpha value is -1.41. The van der Waals surface area contributed by atoms with Gasteiger partial charge >= 0.3 is 0 Å². The highest BCUT2D eigenvalue weighted by molar-refractivity contribution is 7.99. The van der Waals surface area contributed by atoms with E-state index in [0.29, 0.717) is 0 Å². The number of thioether (sulfide) groups is 1. The number of imidazole rings is 1. The van der Waals surface area contributed by atoms with Crippen LogP contribution in [0.25, 0.3) is 0 Å². The molecule has 0 radical (unpaired) electrons. The molecule has 2 heterocycles. The zero-order valence-electron chi connectivity index (χ0n) is 11.8. The molecule has 20 heavy (non-hydrogen) atoms. The highest BCUT2D eigenvalue weighted by atomic mass is 32.2. The SMILES string of the molecule is CCCNCCn1nnnc1SCCCn1ccnc1. The largest absolute Gasteiger partial charge is 0.337 e. The van der Waals surface area contributed by atoms with E-state index in [1.165, 1.54) is 0 Å². The van der Waals surface area contributed by atoms with Crippen LogP contribution in [0, 0.1) is 0 Å². The predicted molar refractivity (Wildman–Crippen MR) is 78.5 cm³/mol. The minimum atomic E-state index is 0.816. The van der Waals surface area contributed by atoms with E-state index in [0.717, 1.165) is 49.9 Å². The third kappa shape index (κ3) is 4.93. The molecule has 0 saturated heterocycles. The molecule has 110 valence electrons. The van der Waals surface area contributed by atoms with Gasteiger partial charge in [0.2, 0.25) is 5.16 Å². The van der Waals surface area contributed by atoms with Crippen LogP contribution in [0.2, 0.25) is 0 Å².